The summed E-state index contributed by atoms with van der Waals surface area (Å²) in [6, 6.07) is 10.6. The Bertz CT molecular complexity index is 1000. The van der Waals surface area contributed by atoms with Crippen molar-refractivity contribution in [2.75, 3.05) is 36.8 Å². The Labute approximate surface area is 206 Å². The molecule has 9 nitrogen and oxygen atoms in total. The van der Waals surface area contributed by atoms with Crippen LogP contribution in [0.25, 0.3) is 0 Å². The molecule has 2 aromatic carbocycles. The van der Waals surface area contributed by atoms with Gasteiger partial charge in [-0.15, -0.1) is 6.58 Å². The summed E-state index contributed by atoms with van der Waals surface area (Å²) in [4.78, 5) is 51.2. The van der Waals surface area contributed by atoms with Crippen LogP contribution in [0.1, 0.15) is 22.3 Å². The zero-order valence-corrected chi connectivity index (χ0v) is 20.7. The number of urea groups is 1. The van der Waals surface area contributed by atoms with Crippen molar-refractivity contribution in [2.24, 2.45) is 0 Å². The molecular weight excluding hydrogens is 446 g/mol. The van der Waals surface area contributed by atoms with Crippen LogP contribution in [0.2, 0.25) is 0 Å². The first-order valence-corrected chi connectivity index (χ1v) is 11.2. The average molecular weight is 480 g/mol. The van der Waals surface area contributed by atoms with Gasteiger partial charge in [0.15, 0.2) is 0 Å². The molecule has 0 saturated heterocycles. The number of hydrogen-bond acceptors (Lipinski definition) is 5. The van der Waals surface area contributed by atoms with Gasteiger partial charge in [-0.25, -0.2) is 4.79 Å². The van der Waals surface area contributed by atoms with Gasteiger partial charge in [-0.05, 0) is 49.9 Å². The number of nitrogens with one attached hydrogen (secondary N) is 4. The molecule has 0 aliphatic carbocycles. The van der Waals surface area contributed by atoms with E-state index in [-0.39, 0.29) is 38.0 Å². The van der Waals surface area contributed by atoms with E-state index in [4.69, 9.17) is 0 Å². The molecule has 186 valence electrons. The third-order valence-electron chi connectivity index (χ3n) is 5.25. The molecule has 0 unspecified atom stereocenters. The highest BCUT2D eigenvalue weighted by Crippen LogP contribution is 2.20. The van der Waals surface area contributed by atoms with Crippen LogP contribution in [0.3, 0.4) is 0 Å². The summed E-state index contributed by atoms with van der Waals surface area (Å²) < 4.78 is 0. The lowest BCUT2D eigenvalue weighted by Gasteiger charge is -2.22. The molecule has 2 aromatic rings. The predicted octanol–water partition coefficient (Wildman–Crippen LogP) is 2.81. The summed E-state index contributed by atoms with van der Waals surface area (Å²) in [6.45, 7) is 10.4. The Morgan fingerprint density at radius 1 is 0.743 bits per heavy atom. The van der Waals surface area contributed by atoms with Gasteiger partial charge >= 0.3 is 6.03 Å². The number of carbonyl (C=O) groups excluding carboxylic acids is 4. The fraction of sp³-hybridized carbons (Fsp3) is 0.308. The SMILES string of the molecule is C=CCNC(=O)NC(=O)CN(CC(=O)Nc1c(C)cccc1C)CC(=O)Nc1c(C)cccc1C. The molecule has 0 spiro atoms. The van der Waals surface area contributed by atoms with Gasteiger partial charge in [0, 0.05) is 17.9 Å². The van der Waals surface area contributed by atoms with Gasteiger partial charge in [-0.1, -0.05) is 42.5 Å². The van der Waals surface area contributed by atoms with Crippen molar-refractivity contribution in [2.45, 2.75) is 27.7 Å². The summed E-state index contributed by atoms with van der Waals surface area (Å²) in [5, 5.41) is 10.3. The monoisotopic (exact) mass is 479 g/mol. The smallest absolute Gasteiger partial charge is 0.321 e. The van der Waals surface area contributed by atoms with Crippen LogP contribution < -0.4 is 21.3 Å². The number of nitrogens with zero attached hydrogens (tertiary/aromatic N) is 1. The Hall–Kier alpha value is -3.98. The van der Waals surface area contributed by atoms with Gasteiger partial charge < -0.3 is 16.0 Å². The molecule has 0 atom stereocenters. The van der Waals surface area contributed by atoms with E-state index in [1.54, 1.807) is 0 Å². The van der Waals surface area contributed by atoms with Crippen molar-refractivity contribution in [3.8, 4) is 0 Å². The van der Waals surface area contributed by atoms with Crippen LogP contribution in [0.5, 0.6) is 0 Å². The van der Waals surface area contributed by atoms with Gasteiger partial charge in [0.2, 0.25) is 17.7 Å². The van der Waals surface area contributed by atoms with E-state index < -0.39 is 11.9 Å². The number of rotatable bonds is 10. The number of amides is 5. The van der Waals surface area contributed by atoms with Gasteiger partial charge in [-0.3, -0.25) is 24.6 Å². The Morgan fingerprint density at radius 3 is 1.54 bits per heavy atom. The molecule has 0 saturated carbocycles. The minimum absolute atomic E-state index is 0.194. The second-order valence-electron chi connectivity index (χ2n) is 8.32. The maximum absolute atomic E-state index is 12.8. The largest absolute Gasteiger partial charge is 0.334 e. The second kappa shape index (κ2) is 13.0. The second-order valence-corrected chi connectivity index (χ2v) is 8.32. The van der Waals surface area contributed by atoms with E-state index in [9.17, 15) is 19.2 Å². The van der Waals surface area contributed by atoms with Gasteiger partial charge in [-0.2, -0.15) is 0 Å². The summed E-state index contributed by atoms with van der Waals surface area (Å²) in [5.74, 6) is -1.41. The number of benzene rings is 2. The Kier molecular flexibility index (Phi) is 10.2. The van der Waals surface area contributed by atoms with Gasteiger partial charge in [0.25, 0.3) is 0 Å². The molecular formula is C26H33N5O4. The van der Waals surface area contributed by atoms with Crippen LogP contribution in [0.15, 0.2) is 49.1 Å². The molecule has 0 heterocycles. The van der Waals surface area contributed by atoms with Crippen LogP contribution in [-0.2, 0) is 14.4 Å². The van der Waals surface area contributed by atoms with Crippen LogP contribution in [-0.4, -0.2) is 54.8 Å². The first-order valence-electron chi connectivity index (χ1n) is 11.2. The summed E-state index contributed by atoms with van der Waals surface area (Å²) in [6.07, 6.45) is 1.48. The van der Waals surface area contributed by atoms with Crippen molar-refractivity contribution >= 4 is 35.1 Å². The first-order chi connectivity index (χ1) is 16.6. The molecule has 9 heteroatoms. The van der Waals surface area contributed by atoms with Crippen molar-refractivity contribution in [3.05, 3.63) is 71.3 Å². The number of anilines is 2. The minimum atomic E-state index is -0.685. The number of para-hydroxylation sites is 2. The molecule has 0 bridgehead atoms. The molecule has 0 aliphatic rings. The lowest BCUT2D eigenvalue weighted by atomic mass is 10.1. The number of hydrogen-bond donors (Lipinski definition) is 4. The van der Waals surface area contributed by atoms with Crippen molar-refractivity contribution in [3.63, 3.8) is 0 Å². The maximum atomic E-state index is 12.8. The van der Waals surface area contributed by atoms with E-state index in [1.165, 1.54) is 11.0 Å². The molecule has 35 heavy (non-hydrogen) atoms. The highest BCUT2D eigenvalue weighted by atomic mass is 16.2. The molecule has 5 amide bonds. The number of aryl methyl sites for hydroxylation is 4. The van der Waals surface area contributed by atoms with E-state index in [1.807, 2.05) is 64.1 Å². The first kappa shape index (κ1) is 27.3. The lowest BCUT2D eigenvalue weighted by Crippen LogP contribution is -2.48. The number of imide groups is 1. The molecule has 2 rings (SSSR count). The van der Waals surface area contributed by atoms with Crippen LogP contribution >= 0.6 is 0 Å². The standard InChI is InChI=1S/C26H33N5O4/c1-6-13-27-26(35)30-23(34)16-31(14-21(32)28-24-17(2)9-7-10-18(24)3)15-22(33)29-25-19(4)11-8-12-20(25)5/h6-12H,1,13-16H2,2-5H3,(H,28,32)(H,29,33)(H2,27,30,34,35). The zero-order valence-electron chi connectivity index (χ0n) is 20.7. The molecule has 4 N–H and O–H groups in total. The molecule has 0 fully saturated rings. The van der Waals surface area contributed by atoms with Crippen molar-refractivity contribution in [1.82, 2.24) is 15.5 Å². The third kappa shape index (κ3) is 8.71. The summed E-state index contributed by atoms with van der Waals surface area (Å²) in [7, 11) is 0. The summed E-state index contributed by atoms with van der Waals surface area (Å²) in [5.41, 5.74) is 4.96. The van der Waals surface area contributed by atoms with Crippen LogP contribution in [0, 0.1) is 27.7 Å². The number of carbonyl (C=O) groups is 4. The molecule has 0 radical (unpaired) electrons. The van der Waals surface area contributed by atoms with Gasteiger partial charge in [0.05, 0.1) is 19.6 Å². The normalized spacial score (nSPS) is 10.4. The van der Waals surface area contributed by atoms with Crippen molar-refractivity contribution in [1.29, 1.82) is 0 Å². The third-order valence-corrected chi connectivity index (χ3v) is 5.25. The summed E-state index contributed by atoms with van der Waals surface area (Å²) >= 11 is 0. The average Bonchev–Trinajstić information content (AvgIpc) is 2.77. The molecule has 0 aliphatic heterocycles. The fourth-order valence-corrected chi connectivity index (χ4v) is 3.53. The van der Waals surface area contributed by atoms with E-state index >= 15 is 0 Å². The van der Waals surface area contributed by atoms with Gasteiger partial charge in [0.1, 0.15) is 0 Å². The van der Waals surface area contributed by atoms with E-state index in [0.29, 0.717) is 11.4 Å². The highest BCUT2D eigenvalue weighted by molar-refractivity contribution is 5.98. The topological polar surface area (TPSA) is 120 Å². The molecule has 0 aromatic heterocycles. The lowest BCUT2D eigenvalue weighted by molar-refractivity contribution is -0.124. The minimum Gasteiger partial charge on any atom is -0.334 e. The van der Waals surface area contributed by atoms with E-state index in [0.717, 1.165) is 22.3 Å². The quantitative estimate of drug-likeness (QED) is 0.391. The highest BCUT2D eigenvalue weighted by Gasteiger charge is 2.20. The zero-order chi connectivity index (χ0) is 26.0. The van der Waals surface area contributed by atoms with Crippen LogP contribution in [0.4, 0.5) is 16.2 Å². The van der Waals surface area contributed by atoms with Crippen molar-refractivity contribution < 1.29 is 19.2 Å². The Morgan fingerprint density at radius 2 is 1.14 bits per heavy atom. The predicted molar refractivity (Wildman–Crippen MR) is 137 cm³/mol. The van der Waals surface area contributed by atoms with E-state index in [2.05, 4.69) is 27.8 Å². The Balaban J connectivity index is 2.12. The fourth-order valence-electron chi connectivity index (χ4n) is 3.53. The maximum Gasteiger partial charge on any atom is 0.321 e.